The van der Waals surface area contributed by atoms with Gasteiger partial charge in [-0.25, -0.2) is 0 Å². The fourth-order valence-electron chi connectivity index (χ4n) is 0.774. The molecule has 0 aromatic heterocycles. The SMILES string of the molecule is Br.NCCCCCCC(=O)O. The van der Waals surface area contributed by atoms with Crippen LogP contribution in [-0.4, -0.2) is 17.6 Å². The third-order valence-corrected chi connectivity index (χ3v) is 1.34. The van der Waals surface area contributed by atoms with Crippen molar-refractivity contribution >= 4 is 23.0 Å². The van der Waals surface area contributed by atoms with Crippen LogP contribution >= 0.6 is 17.0 Å². The molecule has 0 bridgehead atoms. The number of unbranched alkanes of at least 4 members (excludes halogenated alkanes) is 3. The normalized spacial score (nSPS) is 8.82. The second-order valence-corrected chi connectivity index (χ2v) is 2.35. The molecule has 0 aliphatic rings. The molecule has 0 aliphatic heterocycles. The zero-order valence-electron chi connectivity index (χ0n) is 6.58. The van der Waals surface area contributed by atoms with Crippen LogP contribution in [0, 0.1) is 0 Å². The zero-order chi connectivity index (χ0) is 7.82. The molecule has 0 radical (unpaired) electrons. The minimum absolute atomic E-state index is 0. The van der Waals surface area contributed by atoms with E-state index >= 15 is 0 Å². The summed E-state index contributed by atoms with van der Waals surface area (Å²) in [6, 6.07) is 0. The van der Waals surface area contributed by atoms with Gasteiger partial charge in [-0.2, -0.15) is 0 Å². The second-order valence-electron chi connectivity index (χ2n) is 2.35. The fourth-order valence-corrected chi connectivity index (χ4v) is 0.774. The van der Waals surface area contributed by atoms with E-state index in [-0.39, 0.29) is 17.0 Å². The predicted octanol–water partition coefficient (Wildman–Crippen LogP) is 1.56. The molecule has 0 atom stereocenters. The van der Waals surface area contributed by atoms with E-state index in [1.807, 2.05) is 0 Å². The first-order valence-electron chi connectivity index (χ1n) is 3.69. The zero-order valence-corrected chi connectivity index (χ0v) is 8.30. The number of hydrogen-bond donors (Lipinski definition) is 2. The molecule has 0 amide bonds. The number of nitrogens with two attached hydrogens (primary N) is 1. The Hall–Kier alpha value is -0.0900. The molecule has 0 aromatic carbocycles. The van der Waals surface area contributed by atoms with E-state index in [0.717, 1.165) is 25.7 Å². The van der Waals surface area contributed by atoms with E-state index in [2.05, 4.69) is 0 Å². The van der Waals surface area contributed by atoms with Crippen LogP contribution in [0.3, 0.4) is 0 Å². The maximum absolute atomic E-state index is 10.0. The second kappa shape index (κ2) is 9.91. The summed E-state index contributed by atoms with van der Waals surface area (Å²) in [6.07, 6.45) is 4.15. The smallest absolute Gasteiger partial charge is 0.303 e. The number of aliphatic carboxylic acids is 1. The van der Waals surface area contributed by atoms with Crippen LogP contribution in [0.4, 0.5) is 0 Å². The summed E-state index contributed by atoms with van der Waals surface area (Å²) in [5, 5.41) is 8.25. The van der Waals surface area contributed by atoms with E-state index in [1.165, 1.54) is 0 Å². The maximum Gasteiger partial charge on any atom is 0.303 e. The van der Waals surface area contributed by atoms with Gasteiger partial charge in [0.1, 0.15) is 0 Å². The first-order valence-corrected chi connectivity index (χ1v) is 3.69. The summed E-state index contributed by atoms with van der Waals surface area (Å²) in [4.78, 5) is 10.0. The van der Waals surface area contributed by atoms with Gasteiger partial charge in [-0.3, -0.25) is 4.79 Å². The maximum atomic E-state index is 10.0. The molecule has 0 aromatic rings. The molecule has 0 rings (SSSR count). The van der Waals surface area contributed by atoms with Gasteiger partial charge in [-0.15, -0.1) is 17.0 Å². The lowest BCUT2D eigenvalue weighted by Gasteiger charge is -1.95. The van der Waals surface area contributed by atoms with Crippen LogP contribution in [-0.2, 0) is 4.79 Å². The topological polar surface area (TPSA) is 63.3 Å². The van der Waals surface area contributed by atoms with Crippen molar-refractivity contribution in [2.75, 3.05) is 6.54 Å². The largest absolute Gasteiger partial charge is 0.481 e. The molecule has 3 nitrogen and oxygen atoms in total. The van der Waals surface area contributed by atoms with Gasteiger partial charge < -0.3 is 10.8 Å². The van der Waals surface area contributed by atoms with Gasteiger partial charge in [-0.05, 0) is 19.4 Å². The summed E-state index contributed by atoms with van der Waals surface area (Å²) < 4.78 is 0. The van der Waals surface area contributed by atoms with Crippen molar-refractivity contribution in [1.82, 2.24) is 0 Å². The summed E-state index contributed by atoms with van der Waals surface area (Å²) >= 11 is 0. The fraction of sp³-hybridized carbons (Fsp3) is 0.857. The molecule has 11 heavy (non-hydrogen) atoms. The molecular weight excluding hydrogens is 210 g/mol. The standard InChI is InChI=1S/C7H15NO2.BrH/c8-6-4-2-1-3-5-7(9)10;/h1-6,8H2,(H,9,10);1H. The van der Waals surface area contributed by atoms with Gasteiger partial charge in [0, 0.05) is 6.42 Å². The lowest BCUT2D eigenvalue weighted by atomic mass is 10.1. The first-order chi connectivity index (χ1) is 4.77. The number of halogens is 1. The predicted molar refractivity (Wildman–Crippen MR) is 50.1 cm³/mol. The average molecular weight is 226 g/mol. The molecule has 0 aliphatic carbocycles. The lowest BCUT2D eigenvalue weighted by Crippen LogP contribution is -1.98. The van der Waals surface area contributed by atoms with Crippen molar-refractivity contribution in [2.45, 2.75) is 32.1 Å². The average Bonchev–Trinajstić information content (AvgIpc) is 1.87. The Morgan fingerprint density at radius 1 is 1.18 bits per heavy atom. The number of carboxylic acids is 1. The van der Waals surface area contributed by atoms with Crippen LogP contribution in [0.5, 0.6) is 0 Å². The monoisotopic (exact) mass is 225 g/mol. The molecule has 3 N–H and O–H groups in total. The Balaban J connectivity index is 0. The first kappa shape index (κ1) is 13.5. The van der Waals surface area contributed by atoms with E-state index < -0.39 is 5.97 Å². The third kappa shape index (κ3) is 13.0. The van der Waals surface area contributed by atoms with E-state index in [1.54, 1.807) is 0 Å². The highest BCUT2D eigenvalue weighted by Crippen LogP contribution is 2.01. The van der Waals surface area contributed by atoms with E-state index in [4.69, 9.17) is 10.8 Å². The highest BCUT2D eigenvalue weighted by Gasteiger charge is 1.94. The van der Waals surface area contributed by atoms with Gasteiger partial charge in [0.05, 0.1) is 0 Å². The van der Waals surface area contributed by atoms with Crippen LogP contribution in [0.2, 0.25) is 0 Å². The molecule has 68 valence electrons. The van der Waals surface area contributed by atoms with Gasteiger partial charge in [-0.1, -0.05) is 12.8 Å². The molecule has 0 unspecified atom stereocenters. The molecule has 4 heteroatoms. The van der Waals surface area contributed by atoms with Gasteiger partial charge in [0.2, 0.25) is 0 Å². The van der Waals surface area contributed by atoms with Crippen LogP contribution < -0.4 is 5.73 Å². The van der Waals surface area contributed by atoms with Crippen LogP contribution in [0.25, 0.3) is 0 Å². The molecule has 0 fully saturated rings. The van der Waals surface area contributed by atoms with Gasteiger partial charge in [0.15, 0.2) is 0 Å². The highest BCUT2D eigenvalue weighted by molar-refractivity contribution is 8.93. The summed E-state index contributed by atoms with van der Waals surface area (Å²) in [6.45, 7) is 0.715. The number of carboxylic acid groups (broad SMARTS) is 1. The molecular formula is C7H16BrNO2. The molecule has 0 heterocycles. The van der Waals surface area contributed by atoms with E-state index in [0.29, 0.717) is 13.0 Å². The summed E-state index contributed by atoms with van der Waals surface area (Å²) in [7, 11) is 0. The molecule has 0 saturated heterocycles. The van der Waals surface area contributed by atoms with Crippen molar-refractivity contribution in [1.29, 1.82) is 0 Å². The Labute approximate surface area is 77.7 Å². The number of hydrogen-bond acceptors (Lipinski definition) is 2. The van der Waals surface area contributed by atoms with Gasteiger partial charge >= 0.3 is 5.97 Å². The number of rotatable bonds is 6. The minimum Gasteiger partial charge on any atom is -0.481 e. The van der Waals surface area contributed by atoms with E-state index in [9.17, 15) is 4.79 Å². The van der Waals surface area contributed by atoms with Crippen molar-refractivity contribution in [3.8, 4) is 0 Å². The van der Waals surface area contributed by atoms with Crippen LogP contribution in [0.1, 0.15) is 32.1 Å². The van der Waals surface area contributed by atoms with Crippen molar-refractivity contribution < 1.29 is 9.90 Å². The quantitative estimate of drug-likeness (QED) is 0.675. The Kier molecular flexibility index (Phi) is 12.2. The Morgan fingerprint density at radius 2 is 1.73 bits per heavy atom. The summed E-state index contributed by atoms with van der Waals surface area (Å²) in [5.74, 6) is -0.701. The molecule has 0 spiro atoms. The van der Waals surface area contributed by atoms with Crippen molar-refractivity contribution in [3.63, 3.8) is 0 Å². The summed E-state index contributed by atoms with van der Waals surface area (Å²) in [5.41, 5.74) is 5.25. The lowest BCUT2D eigenvalue weighted by molar-refractivity contribution is -0.137. The highest BCUT2D eigenvalue weighted by atomic mass is 79.9. The van der Waals surface area contributed by atoms with Crippen molar-refractivity contribution in [2.24, 2.45) is 5.73 Å². The Morgan fingerprint density at radius 3 is 2.18 bits per heavy atom. The van der Waals surface area contributed by atoms with Gasteiger partial charge in [0.25, 0.3) is 0 Å². The van der Waals surface area contributed by atoms with Crippen molar-refractivity contribution in [3.05, 3.63) is 0 Å². The third-order valence-electron chi connectivity index (χ3n) is 1.34. The van der Waals surface area contributed by atoms with Crippen LogP contribution in [0.15, 0.2) is 0 Å². The minimum atomic E-state index is -0.701. The molecule has 0 saturated carbocycles. The number of carbonyl (C=O) groups is 1. The Bertz CT molecular complexity index is 98.4.